The molecule has 0 radical (unpaired) electrons. The van der Waals surface area contributed by atoms with Crippen molar-refractivity contribution in [1.82, 2.24) is 5.32 Å². The van der Waals surface area contributed by atoms with E-state index < -0.39 is 0 Å². The molecule has 0 amide bonds. The molecule has 3 heteroatoms. The summed E-state index contributed by atoms with van der Waals surface area (Å²) >= 11 is 0. The maximum Gasteiger partial charge on any atom is 0.172 e. The normalized spacial score (nSPS) is 13.9. The Morgan fingerprint density at radius 3 is 1.86 bits per heavy atom. The molecule has 0 aromatic rings. The van der Waals surface area contributed by atoms with Crippen LogP contribution >= 0.6 is 0 Å². The van der Waals surface area contributed by atoms with Crippen molar-refractivity contribution in [2.24, 2.45) is 5.92 Å². The predicted octanol–water partition coefficient (Wildman–Crippen LogP) is 2.02. The molecule has 0 bridgehead atoms. The maximum atomic E-state index is 5.55. The van der Waals surface area contributed by atoms with Gasteiger partial charge < -0.3 is 14.8 Å². The van der Waals surface area contributed by atoms with Crippen molar-refractivity contribution in [3.8, 4) is 0 Å². The Kier molecular flexibility index (Phi) is 8.14. The Labute approximate surface area is 88.2 Å². The minimum Gasteiger partial charge on any atom is -0.351 e. The maximum absolute atomic E-state index is 5.55. The Balaban J connectivity index is 4.10. The number of likely N-dealkylation sites (N-methyl/N-ethyl adjacent to an activating group) is 1. The first-order valence-corrected chi connectivity index (χ1v) is 5.56. The van der Waals surface area contributed by atoms with Crippen LogP contribution in [-0.4, -0.2) is 32.6 Å². The van der Waals surface area contributed by atoms with Gasteiger partial charge in [-0.3, -0.25) is 0 Å². The van der Waals surface area contributed by atoms with Crippen molar-refractivity contribution in [1.29, 1.82) is 0 Å². The van der Waals surface area contributed by atoms with E-state index in [9.17, 15) is 0 Å². The Hall–Kier alpha value is -0.120. The molecule has 0 heterocycles. The molecule has 0 aromatic carbocycles. The molecule has 0 aromatic heterocycles. The van der Waals surface area contributed by atoms with Crippen LogP contribution in [0.4, 0.5) is 0 Å². The van der Waals surface area contributed by atoms with Gasteiger partial charge in [-0.05, 0) is 33.2 Å². The zero-order valence-corrected chi connectivity index (χ0v) is 10.2. The van der Waals surface area contributed by atoms with Gasteiger partial charge in [0.15, 0.2) is 6.29 Å². The first-order chi connectivity index (χ1) is 6.65. The van der Waals surface area contributed by atoms with Gasteiger partial charge in [-0.15, -0.1) is 0 Å². The summed E-state index contributed by atoms with van der Waals surface area (Å²) in [6, 6.07) is 0.287. The molecule has 1 unspecified atom stereocenters. The second kappa shape index (κ2) is 8.21. The lowest BCUT2D eigenvalue weighted by Crippen LogP contribution is -2.42. The molecule has 86 valence electrons. The fourth-order valence-electron chi connectivity index (χ4n) is 1.48. The average molecular weight is 203 g/mol. The van der Waals surface area contributed by atoms with Gasteiger partial charge >= 0.3 is 0 Å². The highest BCUT2D eigenvalue weighted by Crippen LogP contribution is 2.11. The predicted molar refractivity (Wildman–Crippen MR) is 59.3 cm³/mol. The Morgan fingerprint density at radius 2 is 1.57 bits per heavy atom. The lowest BCUT2D eigenvalue weighted by Gasteiger charge is -2.27. The van der Waals surface area contributed by atoms with Crippen molar-refractivity contribution < 1.29 is 9.47 Å². The molecule has 14 heavy (non-hydrogen) atoms. The molecular formula is C11H25NO2. The summed E-state index contributed by atoms with van der Waals surface area (Å²) in [6.45, 7) is 9.79. The van der Waals surface area contributed by atoms with E-state index >= 15 is 0 Å². The van der Waals surface area contributed by atoms with Crippen LogP contribution in [0.15, 0.2) is 0 Å². The van der Waals surface area contributed by atoms with Crippen molar-refractivity contribution >= 4 is 0 Å². The van der Waals surface area contributed by atoms with Gasteiger partial charge in [-0.1, -0.05) is 13.8 Å². The van der Waals surface area contributed by atoms with E-state index in [1.54, 1.807) is 0 Å². The van der Waals surface area contributed by atoms with Crippen LogP contribution in [-0.2, 0) is 9.47 Å². The average Bonchev–Trinajstić information content (AvgIpc) is 2.13. The zero-order valence-electron chi connectivity index (χ0n) is 10.2. The summed E-state index contributed by atoms with van der Waals surface area (Å²) in [5, 5.41) is 3.25. The minimum atomic E-state index is -0.114. The van der Waals surface area contributed by atoms with Gasteiger partial charge in [0.1, 0.15) is 0 Å². The molecule has 1 atom stereocenters. The Morgan fingerprint density at radius 1 is 1.07 bits per heavy atom. The fourth-order valence-corrected chi connectivity index (χ4v) is 1.48. The first-order valence-electron chi connectivity index (χ1n) is 5.56. The number of rotatable bonds is 8. The number of hydrogen-bond donors (Lipinski definition) is 1. The first kappa shape index (κ1) is 13.9. The SMILES string of the molecule is CCOC(OCC)C(CC(C)C)NC. The van der Waals surface area contributed by atoms with Crippen molar-refractivity contribution in [2.45, 2.75) is 46.4 Å². The summed E-state index contributed by atoms with van der Waals surface area (Å²) in [5.41, 5.74) is 0. The molecule has 0 aliphatic heterocycles. The van der Waals surface area contributed by atoms with Crippen LogP contribution in [0.5, 0.6) is 0 Å². The molecule has 0 fully saturated rings. The van der Waals surface area contributed by atoms with E-state index in [0.29, 0.717) is 19.1 Å². The molecule has 0 saturated heterocycles. The molecule has 3 nitrogen and oxygen atoms in total. The van der Waals surface area contributed by atoms with Gasteiger partial charge in [-0.2, -0.15) is 0 Å². The van der Waals surface area contributed by atoms with E-state index in [1.807, 2.05) is 20.9 Å². The van der Waals surface area contributed by atoms with Gasteiger partial charge in [0.05, 0.1) is 6.04 Å². The minimum absolute atomic E-state index is 0.114. The van der Waals surface area contributed by atoms with Crippen LogP contribution in [0.3, 0.4) is 0 Å². The highest BCUT2D eigenvalue weighted by atomic mass is 16.7. The summed E-state index contributed by atoms with van der Waals surface area (Å²) in [4.78, 5) is 0. The number of hydrogen-bond acceptors (Lipinski definition) is 3. The smallest absolute Gasteiger partial charge is 0.172 e. The summed E-state index contributed by atoms with van der Waals surface area (Å²) in [7, 11) is 1.96. The number of ether oxygens (including phenoxy) is 2. The third kappa shape index (κ3) is 5.58. The zero-order chi connectivity index (χ0) is 11.0. The molecule has 0 rings (SSSR count). The molecule has 0 aliphatic rings. The summed E-state index contributed by atoms with van der Waals surface area (Å²) in [5.74, 6) is 0.649. The van der Waals surface area contributed by atoms with E-state index in [0.717, 1.165) is 6.42 Å². The van der Waals surface area contributed by atoms with Gasteiger partial charge in [-0.25, -0.2) is 0 Å². The highest BCUT2D eigenvalue weighted by molar-refractivity contribution is 4.70. The van der Waals surface area contributed by atoms with Crippen LogP contribution in [0.2, 0.25) is 0 Å². The van der Waals surface area contributed by atoms with Crippen molar-refractivity contribution in [3.63, 3.8) is 0 Å². The lowest BCUT2D eigenvalue weighted by atomic mass is 10.0. The van der Waals surface area contributed by atoms with Crippen LogP contribution < -0.4 is 5.32 Å². The van der Waals surface area contributed by atoms with E-state index in [-0.39, 0.29) is 12.3 Å². The highest BCUT2D eigenvalue weighted by Gasteiger charge is 2.21. The van der Waals surface area contributed by atoms with Gasteiger partial charge in [0, 0.05) is 13.2 Å². The molecule has 0 saturated carbocycles. The van der Waals surface area contributed by atoms with Crippen molar-refractivity contribution in [3.05, 3.63) is 0 Å². The topological polar surface area (TPSA) is 30.5 Å². The van der Waals surface area contributed by atoms with Crippen molar-refractivity contribution in [2.75, 3.05) is 20.3 Å². The van der Waals surface area contributed by atoms with Crippen LogP contribution in [0.25, 0.3) is 0 Å². The largest absolute Gasteiger partial charge is 0.351 e. The van der Waals surface area contributed by atoms with E-state index in [4.69, 9.17) is 9.47 Å². The standard InChI is InChI=1S/C11H25NO2/c1-6-13-11(14-7-2)10(12-5)8-9(3)4/h9-12H,6-8H2,1-5H3. The molecular weight excluding hydrogens is 178 g/mol. The monoisotopic (exact) mass is 203 g/mol. The summed E-state index contributed by atoms with van der Waals surface area (Å²) < 4.78 is 11.1. The number of nitrogens with one attached hydrogen (secondary N) is 1. The fraction of sp³-hybridized carbons (Fsp3) is 1.00. The van der Waals surface area contributed by atoms with E-state index in [2.05, 4.69) is 19.2 Å². The van der Waals surface area contributed by atoms with E-state index in [1.165, 1.54) is 0 Å². The third-order valence-corrected chi connectivity index (χ3v) is 2.09. The quantitative estimate of drug-likeness (QED) is 0.612. The second-order valence-corrected chi connectivity index (χ2v) is 3.80. The second-order valence-electron chi connectivity index (χ2n) is 3.80. The van der Waals surface area contributed by atoms with Gasteiger partial charge in [0.25, 0.3) is 0 Å². The van der Waals surface area contributed by atoms with Crippen LogP contribution in [0, 0.1) is 5.92 Å². The van der Waals surface area contributed by atoms with Gasteiger partial charge in [0.2, 0.25) is 0 Å². The summed E-state index contributed by atoms with van der Waals surface area (Å²) in [6.07, 6.45) is 0.957. The Bertz CT molecular complexity index is 122. The third-order valence-electron chi connectivity index (χ3n) is 2.09. The molecule has 0 aliphatic carbocycles. The lowest BCUT2D eigenvalue weighted by molar-refractivity contribution is -0.155. The molecule has 0 spiro atoms. The van der Waals surface area contributed by atoms with Crippen LogP contribution in [0.1, 0.15) is 34.1 Å². The molecule has 1 N–H and O–H groups in total.